The van der Waals surface area contributed by atoms with E-state index in [-0.39, 0.29) is 11.9 Å². The highest BCUT2D eigenvalue weighted by Gasteiger charge is 2.07. The third kappa shape index (κ3) is 3.71. The molecule has 0 aliphatic carbocycles. The van der Waals surface area contributed by atoms with Crippen molar-refractivity contribution in [1.29, 1.82) is 0 Å². The molecule has 2 rings (SSSR count). The fourth-order valence-corrected chi connectivity index (χ4v) is 1.98. The third-order valence-corrected chi connectivity index (χ3v) is 3.37. The Balaban J connectivity index is 1.94. The van der Waals surface area contributed by atoms with E-state index in [4.69, 9.17) is 0 Å². The zero-order valence-corrected chi connectivity index (χ0v) is 12.2. The molecular weight excluding hydrogens is 250 g/mol. The number of benzene rings is 1. The van der Waals surface area contributed by atoms with E-state index in [0.717, 1.165) is 5.69 Å². The van der Waals surface area contributed by atoms with Crippen molar-refractivity contribution in [3.05, 3.63) is 53.9 Å². The molecule has 0 saturated heterocycles. The van der Waals surface area contributed by atoms with E-state index in [1.54, 1.807) is 0 Å². The van der Waals surface area contributed by atoms with Crippen molar-refractivity contribution in [3.63, 3.8) is 0 Å². The quantitative estimate of drug-likeness (QED) is 0.878. The van der Waals surface area contributed by atoms with E-state index in [9.17, 15) is 4.79 Å². The predicted molar refractivity (Wildman–Crippen MR) is 81.7 cm³/mol. The average Bonchev–Trinajstić information content (AvgIpc) is 2.89. The highest BCUT2D eigenvalue weighted by atomic mass is 16.1. The van der Waals surface area contributed by atoms with Crippen LogP contribution >= 0.6 is 0 Å². The van der Waals surface area contributed by atoms with Gasteiger partial charge >= 0.3 is 0 Å². The van der Waals surface area contributed by atoms with Crippen molar-refractivity contribution in [2.75, 3.05) is 12.4 Å². The Hall–Kier alpha value is -2.07. The van der Waals surface area contributed by atoms with Gasteiger partial charge in [0.2, 0.25) is 5.91 Å². The molecule has 0 saturated carbocycles. The summed E-state index contributed by atoms with van der Waals surface area (Å²) in [6.45, 7) is 4.44. The zero-order chi connectivity index (χ0) is 14.5. The van der Waals surface area contributed by atoms with Gasteiger partial charge in [-0.2, -0.15) is 0 Å². The summed E-state index contributed by atoms with van der Waals surface area (Å²) in [6.07, 6.45) is 3.92. The van der Waals surface area contributed by atoms with Crippen LogP contribution in [-0.2, 0) is 11.3 Å². The minimum Gasteiger partial charge on any atom is -0.345 e. The summed E-state index contributed by atoms with van der Waals surface area (Å²) >= 11 is 0. The number of anilines is 1. The second kappa shape index (κ2) is 6.39. The molecule has 1 atom stereocenters. The minimum atomic E-state index is -0.0203. The topological polar surface area (TPSA) is 46.1 Å². The fourth-order valence-electron chi connectivity index (χ4n) is 1.98. The predicted octanol–water partition coefficient (Wildman–Crippen LogP) is 2.72. The zero-order valence-electron chi connectivity index (χ0n) is 12.2. The summed E-state index contributed by atoms with van der Waals surface area (Å²) < 4.78 is 1.90. The highest BCUT2D eigenvalue weighted by Crippen LogP contribution is 2.12. The standard InChI is InChI=1S/C16H21N3O/c1-12-4-6-15(7-5-12)18-16(20)11-19-9-8-14(10-19)13(2)17-3/h4-10,13,17H,11H2,1-3H3,(H,18,20). The second-order valence-corrected chi connectivity index (χ2v) is 5.04. The SMILES string of the molecule is CNC(C)c1ccn(CC(=O)Nc2ccc(C)cc2)c1. The maximum absolute atomic E-state index is 12.0. The number of nitrogens with one attached hydrogen (secondary N) is 2. The maximum atomic E-state index is 12.0. The number of aryl methyl sites for hydroxylation is 1. The van der Waals surface area contributed by atoms with Gasteiger partial charge in [-0.15, -0.1) is 0 Å². The first-order valence-corrected chi connectivity index (χ1v) is 6.78. The fraction of sp³-hybridized carbons (Fsp3) is 0.312. The van der Waals surface area contributed by atoms with Crippen molar-refractivity contribution in [2.45, 2.75) is 26.4 Å². The molecule has 106 valence electrons. The number of hydrogen-bond donors (Lipinski definition) is 2. The van der Waals surface area contributed by atoms with E-state index in [0.29, 0.717) is 6.54 Å². The van der Waals surface area contributed by atoms with Crippen LogP contribution in [0.2, 0.25) is 0 Å². The smallest absolute Gasteiger partial charge is 0.244 e. The van der Waals surface area contributed by atoms with Gasteiger partial charge in [-0.05, 0) is 44.7 Å². The van der Waals surface area contributed by atoms with E-state index in [1.807, 2.05) is 61.3 Å². The van der Waals surface area contributed by atoms with Gasteiger partial charge in [0.15, 0.2) is 0 Å². The summed E-state index contributed by atoms with van der Waals surface area (Å²) in [6, 6.07) is 10.1. The Kier molecular flexibility index (Phi) is 4.58. The number of carbonyl (C=O) groups excluding carboxylic acids is 1. The molecule has 0 fully saturated rings. The van der Waals surface area contributed by atoms with Crippen LogP contribution in [0.4, 0.5) is 5.69 Å². The molecule has 4 heteroatoms. The van der Waals surface area contributed by atoms with Crippen molar-refractivity contribution in [3.8, 4) is 0 Å². The van der Waals surface area contributed by atoms with Crippen LogP contribution in [-0.4, -0.2) is 17.5 Å². The Morgan fingerprint density at radius 3 is 2.60 bits per heavy atom. The van der Waals surface area contributed by atoms with E-state index in [1.165, 1.54) is 11.1 Å². The molecule has 2 aromatic rings. The van der Waals surface area contributed by atoms with Crippen molar-refractivity contribution in [1.82, 2.24) is 9.88 Å². The molecule has 4 nitrogen and oxygen atoms in total. The summed E-state index contributed by atoms with van der Waals surface area (Å²) in [5.74, 6) is -0.0203. The lowest BCUT2D eigenvalue weighted by atomic mass is 10.2. The van der Waals surface area contributed by atoms with E-state index in [2.05, 4.69) is 17.6 Å². The monoisotopic (exact) mass is 271 g/mol. The van der Waals surface area contributed by atoms with Gasteiger partial charge in [0.05, 0.1) is 0 Å². The average molecular weight is 271 g/mol. The molecule has 0 aliphatic rings. The van der Waals surface area contributed by atoms with Crippen LogP contribution in [0.3, 0.4) is 0 Å². The Labute approximate surface area is 119 Å². The van der Waals surface area contributed by atoms with Gasteiger partial charge in [0, 0.05) is 24.1 Å². The van der Waals surface area contributed by atoms with Crippen molar-refractivity contribution in [2.24, 2.45) is 0 Å². The van der Waals surface area contributed by atoms with E-state index < -0.39 is 0 Å². The molecule has 0 aliphatic heterocycles. The molecule has 1 heterocycles. The van der Waals surface area contributed by atoms with Gasteiger partial charge in [-0.3, -0.25) is 4.79 Å². The number of carbonyl (C=O) groups is 1. The van der Waals surface area contributed by atoms with E-state index >= 15 is 0 Å². The van der Waals surface area contributed by atoms with Gasteiger partial charge in [0.1, 0.15) is 6.54 Å². The lowest BCUT2D eigenvalue weighted by Crippen LogP contribution is -2.18. The summed E-state index contributed by atoms with van der Waals surface area (Å²) in [5, 5.41) is 6.07. The molecular formula is C16H21N3O. The summed E-state index contributed by atoms with van der Waals surface area (Å²) in [7, 11) is 1.92. The second-order valence-electron chi connectivity index (χ2n) is 5.04. The van der Waals surface area contributed by atoms with Crippen LogP contribution < -0.4 is 10.6 Å². The Morgan fingerprint density at radius 2 is 1.95 bits per heavy atom. The van der Waals surface area contributed by atoms with Crippen LogP contribution in [0.1, 0.15) is 24.1 Å². The lowest BCUT2D eigenvalue weighted by Gasteiger charge is -2.08. The number of hydrogen-bond acceptors (Lipinski definition) is 2. The van der Waals surface area contributed by atoms with Crippen LogP contribution in [0.5, 0.6) is 0 Å². The molecule has 0 spiro atoms. The Bertz CT molecular complexity index is 572. The molecule has 1 aromatic carbocycles. The molecule has 0 bridgehead atoms. The first kappa shape index (κ1) is 14.3. The maximum Gasteiger partial charge on any atom is 0.244 e. The molecule has 20 heavy (non-hydrogen) atoms. The largest absolute Gasteiger partial charge is 0.345 e. The molecule has 0 radical (unpaired) electrons. The van der Waals surface area contributed by atoms with Crippen LogP contribution in [0.15, 0.2) is 42.7 Å². The molecule has 2 N–H and O–H groups in total. The van der Waals surface area contributed by atoms with Gasteiger partial charge in [0.25, 0.3) is 0 Å². The van der Waals surface area contributed by atoms with Crippen molar-refractivity contribution >= 4 is 11.6 Å². The number of nitrogens with zero attached hydrogens (tertiary/aromatic N) is 1. The van der Waals surface area contributed by atoms with Crippen LogP contribution in [0, 0.1) is 6.92 Å². The lowest BCUT2D eigenvalue weighted by molar-refractivity contribution is -0.116. The summed E-state index contributed by atoms with van der Waals surface area (Å²) in [5.41, 5.74) is 3.19. The van der Waals surface area contributed by atoms with Gasteiger partial charge in [-0.1, -0.05) is 17.7 Å². The third-order valence-electron chi connectivity index (χ3n) is 3.37. The molecule has 1 unspecified atom stereocenters. The normalized spacial score (nSPS) is 12.2. The number of rotatable bonds is 5. The van der Waals surface area contributed by atoms with Gasteiger partial charge in [-0.25, -0.2) is 0 Å². The molecule has 1 aromatic heterocycles. The highest BCUT2D eigenvalue weighted by molar-refractivity contribution is 5.90. The number of aromatic nitrogens is 1. The Morgan fingerprint density at radius 1 is 1.25 bits per heavy atom. The number of amides is 1. The van der Waals surface area contributed by atoms with Crippen molar-refractivity contribution < 1.29 is 4.79 Å². The first-order valence-electron chi connectivity index (χ1n) is 6.78. The minimum absolute atomic E-state index is 0.0203. The molecule has 1 amide bonds. The summed E-state index contributed by atoms with van der Waals surface area (Å²) in [4.78, 5) is 12.0. The van der Waals surface area contributed by atoms with Crippen LogP contribution in [0.25, 0.3) is 0 Å². The van der Waals surface area contributed by atoms with Gasteiger partial charge < -0.3 is 15.2 Å². The first-order chi connectivity index (χ1) is 9.58.